The molecule has 1 N–H and O–H groups in total. The molecule has 0 saturated carbocycles. The van der Waals surface area contributed by atoms with Crippen molar-refractivity contribution >= 4 is 23.7 Å². The fraction of sp³-hybridized carbons (Fsp3) is 0. The molecule has 90 valence electrons. The molecular weight excluding hydrogens is 250 g/mol. The summed E-state index contributed by atoms with van der Waals surface area (Å²) < 4.78 is 0. The molecule has 18 heavy (non-hydrogen) atoms. The minimum atomic E-state index is -0.282. The van der Waals surface area contributed by atoms with Crippen LogP contribution in [0.5, 0.6) is 0 Å². The quantitative estimate of drug-likeness (QED) is 0.680. The highest BCUT2D eigenvalue weighted by Crippen LogP contribution is 2.08. The Labute approximate surface area is 109 Å². The summed E-state index contributed by atoms with van der Waals surface area (Å²) in [5.41, 5.74) is 3.75. The molecule has 1 heterocycles. The second kappa shape index (κ2) is 5.93. The molecule has 0 aliphatic rings. The van der Waals surface area contributed by atoms with Gasteiger partial charge in [-0.2, -0.15) is 5.10 Å². The number of hydrogen-bond acceptors (Lipinski definition) is 3. The van der Waals surface area contributed by atoms with Gasteiger partial charge < -0.3 is 0 Å². The van der Waals surface area contributed by atoms with Crippen molar-refractivity contribution in [2.45, 2.75) is 0 Å². The van der Waals surface area contributed by atoms with Gasteiger partial charge in [0.05, 0.1) is 6.21 Å². The maximum Gasteiger partial charge on any atom is 0.271 e. The number of rotatable bonds is 3. The van der Waals surface area contributed by atoms with Gasteiger partial charge in [0, 0.05) is 23.0 Å². The molecule has 0 aliphatic heterocycles. The van der Waals surface area contributed by atoms with Crippen molar-refractivity contribution in [1.29, 1.82) is 0 Å². The van der Waals surface area contributed by atoms with Gasteiger partial charge >= 0.3 is 0 Å². The van der Waals surface area contributed by atoms with Gasteiger partial charge in [-0.3, -0.25) is 9.78 Å². The molecule has 2 rings (SSSR count). The van der Waals surface area contributed by atoms with E-state index in [0.717, 1.165) is 5.56 Å². The van der Waals surface area contributed by atoms with Crippen LogP contribution in [0.1, 0.15) is 15.9 Å². The topological polar surface area (TPSA) is 54.4 Å². The maximum atomic E-state index is 11.6. The maximum absolute atomic E-state index is 11.6. The minimum absolute atomic E-state index is 0.282. The summed E-state index contributed by atoms with van der Waals surface area (Å²) in [6.45, 7) is 0. The van der Waals surface area contributed by atoms with Crippen LogP contribution in [0.2, 0.25) is 5.02 Å². The van der Waals surface area contributed by atoms with Crippen LogP contribution in [0.4, 0.5) is 0 Å². The first-order valence-corrected chi connectivity index (χ1v) is 5.62. The van der Waals surface area contributed by atoms with Gasteiger partial charge in [-0.25, -0.2) is 5.43 Å². The molecule has 0 aliphatic carbocycles. The summed E-state index contributed by atoms with van der Waals surface area (Å²) in [6, 6.07) is 10.4. The van der Waals surface area contributed by atoms with E-state index in [0.29, 0.717) is 10.6 Å². The second-order valence-corrected chi connectivity index (χ2v) is 3.93. The van der Waals surface area contributed by atoms with E-state index in [-0.39, 0.29) is 5.91 Å². The Kier molecular flexibility index (Phi) is 4.04. The summed E-state index contributed by atoms with van der Waals surface area (Å²) in [7, 11) is 0. The number of carbonyl (C=O) groups excluding carboxylic acids is 1. The lowest BCUT2D eigenvalue weighted by Crippen LogP contribution is -2.17. The highest BCUT2D eigenvalue weighted by atomic mass is 35.5. The van der Waals surface area contributed by atoms with E-state index in [1.807, 2.05) is 12.1 Å². The van der Waals surface area contributed by atoms with E-state index < -0.39 is 0 Å². The van der Waals surface area contributed by atoms with Gasteiger partial charge in [0.25, 0.3) is 5.91 Å². The molecule has 0 saturated heterocycles. The number of hydrogen-bond donors (Lipinski definition) is 1. The molecule has 2 aromatic rings. The van der Waals surface area contributed by atoms with Crippen LogP contribution < -0.4 is 5.43 Å². The number of nitrogens with zero attached hydrogens (tertiary/aromatic N) is 2. The number of benzene rings is 1. The SMILES string of the molecule is O=C(N/N=C/c1cccc(Cl)c1)c1ccncc1. The van der Waals surface area contributed by atoms with Crippen LogP contribution in [0.25, 0.3) is 0 Å². The highest BCUT2D eigenvalue weighted by molar-refractivity contribution is 6.30. The molecule has 4 nitrogen and oxygen atoms in total. The number of aromatic nitrogens is 1. The smallest absolute Gasteiger partial charge is 0.267 e. The normalized spacial score (nSPS) is 10.5. The zero-order chi connectivity index (χ0) is 12.8. The summed E-state index contributed by atoms with van der Waals surface area (Å²) in [5.74, 6) is -0.282. The summed E-state index contributed by atoms with van der Waals surface area (Å²) in [5, 5.41) is 4.48. The fourth-order valence-electron chi connectivity index (χ4n) is 1.32. The third-order valence-electron chi connectivity index (χ3n) is 2.17. The average Bonchev–Trinajstić information content (AvgIpc) is 2.40. The van der Waals surface area contributed by atoms with E-state index in [1.54, 1.807) is 36.7 Å². The van der Waals surface area contributed by atoms with E-state index >= 15 is 0 Å². The first-order chi connectivity index (χ1) is 8.75. The van der Waals surface area contributed by atoms with Crippen LogP contribution in [0.3, 0.4) is 0 Å². The van der Waals surface area contributed by atoms with Gasteiger partial charge in [0.15, 0.2) is 0 Å². The van der Waals surface area contributed by atoms with Crippen LogP contribution >= 0.6 is 11.6 Å². The van der Waals surface area contributed by atoms with E-state index in [2.05, 4.69) is 15.5 Å². The Hall–Kier alpha value is -2.20. The Balaban J connectivity index is 1.98. The van der Waals surface area contributed by atoms with Gasteiger partial charge in [0.2, 0.25) is 0 Å². The van der Waals surface area contributed by atoms with Crippen molar-refractivity contribution in [1.82, 2.24) is 10.4 Å². The highest BCUT2D eigenvalue weighted by Gasteiger charge is 2.01. The number of pyridine rings is 1. The molecular formula is C13H10ClN3O. The molecule has 1 aromatic heterocycles. The number of amides is 1. The largest absolute Gasteiger partial charge is 0.271 e. The predicted octanol–water partition coefficient (Wildman–Crippen LogP) is 2.50. The van der Waals surface area contributed by atoms with Crippen LogP contribution in [-0.4, -0.2) is 17.1 Å². The molecule has 1 aromatic carbocycles. The first-order valence-electron chi connectivity index (χ1n) is 5.25. The van der Waals surface area contributed by atoms with Crippen LogP contribution in [-0.2, 0) is 0 Å². The molecule has 0 unspecified atom stereocenters. The molecule has 0 radical (unpaired) electrons. The zero-order valence-corrected chi connectivity index (χ0v) is 10.1. The molecule has 5 heteroatoms. The second-order valence-electron chi connectivity index (χ2n) is 3.49. The van der Waals surface area contributed by atoms with Gasteiger partial charge in [-0.15, -0.1) is 0 Å². The van der Waals surface area contributed by atoms with Crippen molar-refractivity contribution < 1.29 is 4.79 Å². The standard InChI is InChI=1S/C13H10ClN3O/c14-12-3-1-2-10(8-12)9-16-17-13(18)11-4-6-15-7-5-11/h1-9H,(H,17,18)/b16-9+. The molecule has 0 spiro atoms. The fourth-order valence-corrected chi connectivity index (χ4v) is 1.52. The molecule has 0 atom stereocenters. The van der Waals surface area contributed by atoms with Crippen molar-refractivity contribution in [2.24, 2.45) is 5.10 Å². The van der Waals surface area contributed by atoms with E-state index in [4.69, 9.17) is 11.6 Å². The lowest BCUT2D eigenvalue weighted by atomic mass is 10.2. The Morgan fingerprint density at radius 3 is 2.78 bits per heavy atom. The lowest BCUT2D eigenvalue weighted by molar-refractivity contribution is 0.0955. The van der Waals surface area contributed by atoms with Crippen LogP contribution in [0, 0.1) is 0 Å². The van der Waals surface area contributed by atoms with Crippen molar-refractivity contribution in [3.05, 3.63) is 64.9 Å². The summed E-state index contributed by atoms with van der Waals surface area (Å²) in [6.07, 6.45) is 4.64. The number of carbonyl (C=O) groups is 1. The predicted molar refractivity (Wildman–Crippen MR) is 70.7 cm³/mol. The van der Waals surface area contributed by atoms with Gasteiger partial charge in [-0.05, 0) is 29.8 Å². The average molecular weight is 260 g/mol. The molecule has 1 amide bonds. The summed E-state index contributed by atoms with van der Waals surface area (Å²) >= 11 is 5.83. The van der Waals surface area contributed by atoms with Crippen molar-refractivity contribution in [3.8, 4) is 0 Å². The third kappa shape index (κ3) is 3.40. The van der Waals surface area contributed by atoms with Crippen LogP contribution in [0.15, 0.2) is 53.9 Å². The third-order valence-corrected chi connectivity index (χ3v) is 2.41. The Morgan fingerprint density at radius 2 is 2.06 bits per heavy atom. The van der Waals surface area contributed by atoms with Gasteiger partial charge in [-0.1, -0.05) is 23.7 Å². The monoisotopic (exact) mass is 259 g/mol. The minimum Gasteiger partial charge on any atom is -0.267 e. The van der Waals surface area contributed by atoms with Crippen molar-refractivity contribution in [2.75, 3.05) is 0 Å². The first kappa shape index (κ1) is 12.3. The van der Waals surface area contributed by atoms with Crippen molar-refractivity contribution in [3.63, 3.8) is 0 Å². The number of halogens is 1. The Morgan fingerprint density at radius 1 is 1.28 bits per heavy atom. The molecule has 0 fully saturated rings. The molecule has 0 bridgehead atoms. The Bertz CT molecular complexity index is 569. The van der Waals surface area contributed by atoms with E-state index in [1.165, 1.54) is 6.21 Å². The van der Waals surface area contributed by atoms with E-state index in [9.17, 15) is 4.79 Å². The number of hydrazone groups is 1. The lowest BCUT2D eigenvalue weighted by Gasteiger charge is -1.98. The summed E-state index contributed by atoms with van der Waals surface area (Å²) in [4.78, 5) is 15.5. The number of nitrogens with one attached hydrogen (secondary N) is 1. The zero-order valence-electron chi connectivity index (χ0n) is 9.38. The van der Waals surface area contributed by atoms with Gasteiger partial charge in [0.1, 0.15) is 0 Å².